The summed E-state index contributed by atoms with van der Waals surface area (Å²) in [7, 11) is -0.676. The molecule has 1 unspecified atom stereocenters. The van der Waals surface area contributed by atoms with Crippen LogP contribution in [-0.2, 0) is 10.8 Å². The minimum Gasteiger partial charge on any atom is -0.353 e. The van der Waals surface area contributed by atoms with Crippen molar-refractivity contribution in [1.82, 2.24) is 4.90 Å². The first kappa shape index (κ1) is 18.1. The van der Waals surface area contributed by atoms with E-state index in [9.17, 15) is 14.4 Å². The zero-order valence-corrected chi connectivity index (χ0v) is 13.8. The van der Waals surface area contributed by atoms with E-state index in [-0.39, 0.29) is 0 Å². The Kier molecular flexibility index (Phi) is 8.25. The molecule has 0 aliphatic carbocycles. The van der Waals surface area contributed by atoms with Gasteiger partial charge in [-0.15, -0.1) is 0 Å². The van der Waals surface area contributed by atoms with E-state index in [1.54, 1.807) is 4.90 Å². The van der Waals surface area contributed by atoms with Crippen molar-refractivity contribution >= 4 is 10.8 Å². The van der Waals surface area contributed by atoms with Crippen molar-refractivity contribution in [2.75, 3.05) is 24.6 Å². The average Bonchev–Trinajstić information content (AvgIpc) is 2.37. The third-order valence-corrected chi connectivity index (χ3v) is 5.35. The van der Waals surface area contributed by atoms with Gasteiger partial charge in [0.2, 0.25) is 5.91 Å². The summed E-state index contributed by atoms with van der Waals surface area (Å²) in [4.78, 5) is 1.77. The van der Waals surface area contributed by atoms with Gasteiger partial charge in [0.05, 0.1) is 0 Å². The van der Waals surface area contributed by atoms with E-state index in [1.165, 1.54) is 0 Å². The first-order valence-electron chi connectivity index (χ1n) is 7.96. The Labute approximate surface area is 126 Å². The minimum atomic E-state index is -1.60. The maximum atomic E-state index is 11.7. The highest BCUT2D eigenvalue weighted by atomic mass is 32.2. The lowest BCUT2D eigenvalue weighted by atomic mass is 10.1. The van der Waals surface area contributed by atoms with Crippen LogP contribution >= 0.6 is 0 Å². The first-order valence-corrected chi connectivity index (χ1v) is 9.45. The number of likely N-dealkylation sites (tertiary alicyclic amines) is 1. The second-order valence-electron chi connectivity index (χ2n) is 6.31. The van der Waals surface area contributed by atoms with Gasteiger partial charge in [0.1, 0.15) is 0 Å². The molecule has 1 rings (SSSR count). The SMILES string of the molecule is CC(C)CCS(=O)CCCCCN1CCCCC1(O)O. The summed E-state index contributed by atoms with van der Waals surface area (Å²) < 4.78 is 11.7. The molecule has 4 nitrogen and oxygen atoms in total. The lowest BCUT2D eigenvalue weighted by Crippen LogP contribution is -2.52. The highest BCUT2D eigenvalue weighted by Crippen LogP contribution is 2.23. The van der Waals surface area contributed by atoms with Gasteiger partial charge >= 0.3 is 0 Å². The fourth-order valence-electron chi connectivity index (χ4n) is 2.50. The predicted octanol–water partition coefficient (Wildman–Crippen LogP) is 2.08. The first-order chi connectivity index (χ1) is 9.42. The highest BCUT2D eigenvalue weighted by molar-refractivity contribution is 7.84. The van der Waals surface area contributed by atoms with Gasteiger partial charge in [0.25, 0.3) is 0 Å². The second-order valence-corrected chi connectivity index (χ2v) is 8.01. The molecule has 1 atom stereocenters. The summed E-state index contributed by atoms with van der Waals surface area (Å²) in [6.45, 7) is 5.82. The third kappa shape index (κ3) is 7.16. The minimum absolute atomic E-state index is 0.451. The molecule has 1 saturated heterocycles. The Morgan fingerprint density at radius 3 is 2.55 bits per heavy atom. The molecule has 0 aromatic carbocycles. The van der Waals surface area contributed by atoms with E-state index in [1.807, 2.05) is 0 Å². The van der Waals surface area contributed by atoms with Crippen LogP contribution in [0.2, 0.25) is 0 Å². The number of rotatable bonds is 9. The van der Waals surface area contributed by atoms with Crippen LogP contribution in [-0.4, -0.2) is 49.8 Å². The molecule has 120 valence electrons. The van der Waals surface area contributed by atoms with Crippen LogP contribution in [0.25, 0.3) is 0 Å². The second kappa shape index (κ2) is 9.13. The monoisotopic (exact) mass is 305 g/mol. The van der Waals surface area contributed by atoms with Crippen LogP contribution in [0.3, 0.4) is 0 Å². The largest absolute Gasteiger partial charge is 0.353 e. The van der Waals surface area contributed by atoms with Gasteiger partial charge in [0.15, 0.2) is 0 Å². The van der Waals surface area contributed by atoms with Crippen molar-refractivity contribution in [1.29, 1.82) is 0 Å². The van der Waals surface area contributed by atoms with E-state index < -0.39 is 16.7 Å². The van der Waals surface area contributed by atoms with Gasteiger partial charge in [-0.3, -0.25) is 9.11 Å². The zero-order chi connectivity index (χ0) is 15.0. The number of hydrogen-bond acceptors (Lipinski definition) is 4. The summed E-state index contributed by atoms with van der Waals surface area (Å²) in [6.07, 6.45) is 6.36. The smallest absolute Gasteiger partial charge is 0.224 e. The topological polar surface area (TPSA) is 60.8 Å². The summed E-state index contributed by atoms with van der Waals surface area (Å²) in [5.41, 5.74) is 0. The van der Waals surface area contributed by atoms with Gasteiger partial charge in [0, 0.05) is 41.8 Å². The summed E-state index contributed by atoms with van der Waals surface area (Å²) in [5.74, 6) is 0.634. The molecule has 1 aliphatic rings. The van der Waals surface area contributed by atoms with Crippen molar-refractivity contribution in [3.8, 4) is 0 Å². The van der Waals surface area contributed by atoms with Gasteiger partial charge in [-0.1, -0.05) is 20.3 Å². The van der Waals surface area contributed by atoms with Gasteiger partial charge in [-0.25, -0.2) is 0 Å². The Morgan fingerprint density at radius 1 is 1.15 bits per heavy atom. The Hall–Kier alpha value is 0.0300. The molecule has 0 aromatic heterocycles. The van der Waals surface area contributed by atoms with Crippen molar-refractivity contribution in [2.24, 2.45) is 5.92 Å². The van der Waals surface area contributed by atoms with Crippen LogP contribution < -0.4 is 0 Å². The van der Waals surface area contributed by atoms with Crippen LogP contribution in [0.5, 0.6) is 0 Å². The number of hydrogen-bond donors (Lipinski definition) is 2. The molecule has 0 amide bonds. The average molecular weight is 305 g/mol. The van der Waals surface area contributed by atoms with Crippen molar-refractivity contribution in [3.63, 3.8) is 0 Å². The number of nitrogens with zero attached hydrogens (tertiary/aromatic N) is 1. The van der Waals surface area contributed by atoms with Crippen molar-refractivity contribution < 1.29 is 14.4 Å². The number of piperidine rings is 1. The molecule has 0 bridgehead atoms. The van der Waals surface area contributed by atoms with Crippen LogP contribution in [0.1, 0.15) is 58.8 Å². The lowest BCUT2D eigenvalue weighted by molar-refractivity contribution is -0.278. The highest BCUT2D eigenvalue weighted by Gasteiger charge is 2.33. The molecule has 0 radical (unpaired) electrons. The van der Waals surface area contributed by atoms with E-state index >= 15 is 0 Å². The molecule has 2 N–H and O–H groups in total. The maximum absolute atomic E-state index is 11.7. The number of aliphatic hydroxyl groups is 2. The Balaban J connectivity index is 2.05. The van der Waals surface area contributed by atoms with E-state index in [4.69, 9.17) is 0 Å². The van der Waals surface area contributed by atoms with E-state index in [2.05, 4.69) is 13.8 Å². The van der Waals surface area contributed by atoms with Gasteiger partial charge in [-0.2, -0.15) is 0 Å². The molecular formula is C15H31NO3S. The van der Waals surface area contributed by atoms with Crippen LogP contribution in [0.15, 0.2) is 0 Å². The quantitative estimate of drug-likeness (QED) is 0.506. The fourth-order valence-corrected chi connectivity index (χ4v) is 3.97. The van der Waals surface area contributed by atoms with Gasteiger partial charge < -0.3 is 10.2 Å². The fraction of sp³-hybridized carbons (Fsp3) is 1.00. The number of unbranched alkanes of at least 4 members (excludes halogenated alkanes) is 2. The standard InChI is InChI=1S/C15H31NO3S/c1-14(2)8-13-20(19)12-7-3-5-10-16-11-6-4-9-15(16,17)18/h14,17-18H,3-13H2,1-2H3. The molecular weight excluding hydrogens is 274 g/mol. The molecule has 0 saturated carbocycles. The maximum Gasteiger partial charge on any atom is 0.224 e. The van der Waals surface area contributed by atoms with Crippen LogP contribution in [0, 0.1) is 5.92 Å². The normalized spacial score (nSPS) is 21.2. The zero-order valence-electron chi connectivity index (χ0n) is 13.0. The molecule has 20 heavy (non-hydrogen) atoms. The Bertz CT molecular complexity index is 295. The molecule has 0 spiro atoms. The lowest BCUT2D eigenvalue weighted by Gasteiger charge is -2.38. The van der Waals surface area contributed by atoms with Crippen molar-refractivity contribution in [2.45, 2.75) is 64.7 Å². The molecule has 5 heteroatoms. The molecule has 0 aromatic rings. The van der Waals surface area contributed by atoms with Gasteiger partial charge in [-0.05, 0) is 38.0 Å². The molecule has 1 aliphatic heterocycles. The summed E-state index contributed by atoms with van der Waals surface area (Å²) >= 11 is 0. The van der Waals surface area contributed by atoms with Crippen molar-refractivity contribution in [3.05, 3.63) is 0 Å². The molecule has 1 heterocycles. The van der Waals surface area contributed by atoms with E-state index in [0.717, 1.165) is 63.1 Å². The van der Waals surface area contributed by atoms with Crippen LogP contribution in [0.4, 0.5) is 0 Å². The predicted molar refractivity (Wildman–Crippen MR) is 83.8 cm³/mol. The Morgan fingerprint density at radius 2 is 1.90 bits per heavy atom. The summed E-state index contributed by atoms with van der Waals surface area (Å²) in [5, 5.41) is 19.7. The summed E-state index contributed by atoms with van der Waals surface area (Å²) in [6, 6.07) is 0. The van der Waals surface area contributed by atoms with E-state index in [0.29, 0.717) is 12.3 Å². The molecule has 1 fully saturated rings. The third-order valence-electron chi connectivity index (χ3n) is 3.92.